The van der Waals surface area contributed by atoms with Gasteiger partial charge in [0.15, 0.2) is 0 Å². The van der Waals surface area contributed by atoms with Crippen LogP contribution in [0.15, 0.2) is 29.2 Å². The second kappa shape index (κ2) is 7.86. The number of nitrogens with zero attached hydrogens (tertiary/aromatic N) is 4. The molecular weight excluding hydrogens is 306 g/mol. The Morgan fingerprint density at radius 3 is 2.61 bits per heavy atom. The van der Waals surface area contributed by atoms with Gasteiger partial charge < -0.3 is 15.1 Å². The van der Waals surface area contributed by atoms with Crippen molar-refractivity contribution in [2.45, 2.75) is 25.4 Å². The second-order valence-corrected chi connectivity index (χ2v) is 7.03. The van der Waals surface area contributed by atoms with Crippen LogP contribution in [-0.2, 0) is 6.54 Å². The van der Waals surface area contributed by atoms with Crippen molar-refractivity contribution in [3.8, 4) is 0 Å². The lowest BCUT2D eigenvalue weighted by atomic mass is 10.1. The van der Waals surface area contributed by atoms with Crippen molar-refractivity contribution in [1.82, 2.24) is 20.2 Å². The Balaban J connectivity index is 1.51. The molecule has 1 N–H and O–H groups in total. The molecule has 1 fully saturated rings. The van der Waals surface area contributed by atoms with Crippen molar-refractivity contribution in [2.24, 2.45) is 0 Å². The van der Waals surface area contributed by atoms with Crippen LogP contribution in [0.1, 0.15) is 30.0 Å². The Hall–Kier alpha value is -1.50. The molecule has 23 heavy (non-hydrogen) atoms. The number of aromatic nitrogens is 2. The first-order valence-corrected chi connectivity index (χ1v) is 9.13. The molecular formula is C17H25N5S. The molecule has 2 aromatic heterocycles. The smallest absolute Gasteiger partial charge is 0.225 e. The molecule has 5 nitrogen and oxygen atoms in total. The fourth-order valence-electron chi connectivity index (χ4n) is 2.94. The standard InChI is InChI=1S/C17H25N5S/c1-21(2)16(15-5-8-23-13-15)12-18-9-14-10-19-17(20-11-14)22-6-3-4-7-22/h5,8,10-11,13,16,18H,3-4,6-7,9,12H2,1-2H3/t16-/m1/s1. The Morgan fingerprint density at radius 1 is 1.26 bits per heavy atom. The fourth-order valence-corrected chi connectivity index (χ4v) is 3.64. The molecule has 1 aliphatic rings. The molecule has 1 saturated heterocycles. The summed E-state index contributed by atoms with van der Waals surface area (Å²) in [7, 11) is 4.25. The molecule has 0 bridgehead atoms. The minimum absolute atomic E-state index is 0.394. The van der Waals surface area contributed by atoms with Gasteiger partial charge >= 0.3 is 0 Å². The molecule has 0 aliphatic carbocycles. The van der Waals surface area contributed by atoms with Crippen LogP contribution in [0.4, 0.5) is 5.95 Å². The second-order valence-electron chi connectivity index (χ2n) is 6.25. The lowest BCUT2D eigenvalue weighted by Crippen LogP contribution is -2.30. The molecule has 0 aromatic carbocycles. The van der Waals surface area contributed by atoms with Gasteiger partial charge in [-0.3, -0.25) is 0 Å². The third kappa shape index (κ3) is 4.28. The number of hydrogen-bond donors (Lipinski definition) is 1. The van der Waals surface area contributed by atoms with E-state index in [4.69, 9.17) is 0 Å². The molecule has 0 spiro atoms. The zero-order chi connectivity index (χ0) is 16.1. The third-order valence-corrected chi connectivity index (χ3v) is 5.00. The topological polar surface area (TPSA) is 44.3 Å². The molecule has 0 unspecified atom stereocenters. The van der Waals surface area contributed by atoms with E-state index in [1.807, 2.05) is 12.4 Å². The molecule has 1 aliphatic heterocycles. The van der Waals surface area contributed by atoms with E-state index in [1.54, 1.807) is 11.3 Å². The van der Waals surface area contributed by atoms with Gasteiger partial charge in [-0.1, -0.05) is 0 Å². The van der Waals surface area contributed by atoms with Crippen molar-refractivity contribution in [3.05, 3.63) is 40.3 Å². The number of anilines is 1. The summed E-state index contributed by atoms with van der Waals surface area (Å²) in [6, 6.07) is 2.59. The van der Waals surface area contributed by atoms with Crippen molar-refractivity contribution >= 4 is 17.3 Å². The summed E-state index contributed by atoms with van der Waals surface area (Å²) in [6.45, 7) is 3.89. The van der Waals surface area contributed by atoms with Crippen LogP contribution < -0.4 is 10.2 Å². The number of rotatable bonds is 7. The Morgan fingerprint density at radius 2 is 2.00 bits per heavy atom. The summed E-state index contributed by atoms with van der Waals surface area (Å²) in [4.78, 5) is 13.5. The van der Waals surface area contributed by atoms with E-state index < -0.39 is 0 Å². The molecule has 0 saturated carbocycles. The predicted molar refractivity (Wildman–Crippen MR) is 95.9 cm³/mol. The molecule has 0 radical (unpaired) electrons. The number of nitrogens with one attached hydrogen (secondary N) is 1. The third-order valence-electron chi connectivity index (χ3n) is 4.30. The number of hydrogen-bond acceptors (Lipinski definition) is 6. The van der Waals surface area contributed by atoms with Gasteiger partial charge in [0, 0.05) is 50.2 Å². The van der Waals surface area contributed by atoms with Crippen LogP contribution in [0.3, 0.4) is 0 Å². The Bertz CT molecular complexity index is 576. The van der Waals surface area contributed by atoms with Crippen LogP contribution in [0.5, 0.6) is 0 Å². The number of likely N-dealkylation sites (N-methyl/N-ethyl adjacent to an activating group) is 1. The van der Waals surface area contributed by atoms with E-state index in [0.29, 0.717) is 6.04 Å². The van der Waals surface area contributed by atoms with Crippen molar-refractivity contribution < 1.29 is 0 Å². The lowest BCUT2D eigenvalue weighted by molar-refractivity contribution is 0.289. The molecule has 3 heterocycles. The van der Waals surface area contributed by atoms with E-state index in [1.165, 1.54) is 18.4 Å². The zero-order valence-electron chi connectivity index (χ0n) is 13.9. The van der Waals surface area contributed by atoms with E-state index in [9.17, 15) is 0 Å². The average molecular weight is 331 g/mol. The summed E-state index contributed by atoms with van der Waals surface area (Å²) in [5, 5.41) is 7.89. The van der Waals surface area contributed by atoms with Gasteiger partial charge in [-0.2, -0.15) is 11.3 Å². The summed E-state index contributed by atoms with van der Waals surface area (Å²) < 4.78 is 0. The van der Waals surface area contributed by atoms with Crippen LogP contribution in [-0.4, -0.2) is 48.6 Å². The minimum Gasteiger partial charge on any atom is -0.341 e. The predicted octanol–water partition coefficient (Wildman–Crippen LogP) is 2.53. The monoisotopic (exact) mass is 331 g/mol. The van der Waals surface area contributed by atoms with Gasteiger partial charge in [0.05, 0.1) is 0 Å². The largest absolute Gasteiger partial charge is 0.341 e. The van der Waals surface area contributed by atoms with Crippen LogP contribution in [0, 0.1) is 0 Å². The van der Waals surface area contributed by atoms with Gasteiger partial charge in [0.1, 0.15) is 0 Å². The highest BCUT2D eigenvalue weighted by molar-refractivity contribution is 7.07. The SMILES string of the molecule is CN(C)[C@H](CNCc1cnc(N2CCCC2)nc1)c1ccsc1. The van der Waals surface area contributed by atoms with Gasteiger partial charge in [0.25, 0.3) is 0 Å². The summed E-state index contributed by atoms with van der Waals surface area (Å²) >= 11 is 1.75. The van der Waals surface area contributed by atoms with Crippen LogP contribution in [0.25, 0.3) is 0 Å². The van der Waals surface area contributed by atoms with E-state index in [-0.39, 0.29) is 0 Å². The maximum atomic E-state index is 4.51. The highest BCUT2D eigenvalue weighted by atomic mass is 32.1. The first-order chi connectivity index (χ1) is 11.2. The maximum Gasteiger partial charge on any atom is 0.225 e. The van der Waals surface area contributed by atoms with Crippen LogP contribution in [0.2, 0.25) is 0 Å². The Kier molecular flexibility index (Phi) is 5.59. The molecule has 2 aromatic rings. The summed E-state index contributed by atoms with van der Waals surface area (Å²) in [5.74, 6) is 0.871. The molecule has 124 valence electrons. The Labute approximate surface area is 142 Å². The van der Waals surface area contributed by atoms with E-state index in [2.05, 4.69) is 56.0 Å². The van der Waals surface area contributed by atoms with Crippen LogP contribution >= 0.6 is 11.3 Å². The highest BCUT2D eigenvalue weighted by Gasteiger charge is 2.15. The van der Waals surface area contributed by atoms with E-state index >= 15 is 0 Å². The van der Waals surface area contributed by atoms with E-state index in [0.717, 1.165) is 37.7 Å². The lowest BCUT2D eigenvalue weighted by Gasteiger charge is -2.24. The summed E-state index contributed by atoms with van der Waals surface area (Å²) in [5.41, 5.74) is 2.50. The molecule has 3 rings (SSSR count). The van der Waals surface area contributed by atoms with Crippen molar-refractivity contribution in [1.29, 1.82) is 0 Å². The first-order valence-electron chi connectivity index (χ1n) is 8.19. The van der Waals surface area contributed by atoms with Gasteiger partial charge in [0.2, 0.25) is 5.95 Å². The normalized spacial score (nSPS) is 16.2. The first kappa shape index (κ1) is 16.4. The average Bonchev–Trinajstić information content (AvgIpc) is 3.25. The van der Waals surface area contributed by atoms with Gasteiger partial charge in [-0.05, 0) is 49.3 Å². The molecule has 6 heteroatoms. The quantitative estimate of drug-likeness (QED) is 0.845. The fraction of sp³-hybridized carbons (Fsp3) is 0.529. The molecule has 1 atom stereocenters. The zero-order valence-corrected chi connectivity index (χ0v) is 14.7. The van der Waals surface area contributed by atoms with Crippen molar-refractivity contribution in [3.63, 3.8) is 0 Å². The van der Waals surface area contributed by atoms with Gasteiger partial charge in [-0.15, -0.1) is 0 Å². The number of thiophene rings is 1. The maximum absolute atomic E-state index is 4.51. The molecule has 0 amide bonds. The minimum atomic E-state index is 0.394. The summed E-state index contributed by atoms with van der Waals surface area (Å²) in [6.07, 6.45) is 6.40. The highest BCUT2D eigenvalue weighted by Crippen LogP contribution is 2.20. The van der Waals surface area contributed by atoms with Gasteiger partial charge in [-0.25, -0.2) is 9.97 Å². The van der Waals surface area contributed by atoms with Crippen molar-refractivity contribution in [2.75, 3.05) is 38.6 Å².